The van der Waals surface area contributed by atoms with Crippen LogP contribution in [-0.4, -0.2) is 57.6 Å². The zero-order valence-corrected chi connectivity index (χ0v) is 28.0. The first kappa shape index (κ1) is 34.7. The Labute approximate surface area is 296 Å². The number of halogens is 7. The molecule has 2 aliphatic heterocycles. The molecule has 7 rings (SSSR count). The van der Waals surface area contributed by atoms with Crippen molar-refractivity contribution < 1.29 is 55.7 Å². The highest BCUT2D eigenvalue weighted by atomic mass is 35.5. The molecule has 1 N–H and O–H groups in total. The maximum absolute atomic E-state index is 15.3. The lowest BCUT2D eigenvalue weighted by molar-refractivity contribution is -0.141. The number of amides is 4. The first-order valence-electron chi connectivity index (χ1n) is 15.5. The molecule has 51 heavy (non-hydrogen) atoms. The molecule has 4 aliphatic rings. The van der Waals surface area contributed by atoms with Crippen LogP contribution in [0.3, 0.4) is 0 Å². The Bertz CT molecular complexity index is 2050. The Morgan fingerprint density at radius 3 is 1.96 bits per heavy atom. The van der Waals surface area contributed by atoms with Gasteiger partial charge in [-0.1, -0.05) is 42.0 Å². The monoisotopic (exact) mass is 750 g/mol. The lowest BCUT2D eigenvalue weighted by Gasteiger charge is -2.50. The number of rotatable bonds is 6. The van der Waals surface area contributed by atoms with E-state index in [0.29, 0.717) is 5.56 Å². The number of carbonyl (C=O) groups excluding carboxylic acids is 4. The van der Waals surface area contributed by atoms with Gasteiger partial charge in [-0.05, 0) is 42.0 Å². The number of fused-ring (bicyclic) bond motifs is 4. The number of hydrogen-bond acceptors (Lipinski definition) is 7. The highest BCUT2D eigenvalue weighted by molar-refractivity contribution is 6.58. The molecule has 1 saturated carbocycles. The van der Waals surface area contributed by atoms with E-state index in [1.165, 1.54) is 26.4 Å². The molecule has 16 heteroatoms. The van der Waals surface area contributed by atoms with E-state index in [1.807, 2.05) is 0 Å². The molecule has 2 heterocycles. The number of phenols is 1. The van der Waals surface area contributed by atoms with Gasteiger partial charge in [0.1, 0.15) is 5.69 Å². The highest BCUT2D eigenvalue weighted by Gasteiger charge is 2.77. The number of ether oxygens (including phenoxy) is 2. The van der Waals surface area contributed by atoms with Gasteiger partial charge in [-0.15, -0.1) is 23.2 Å². The summed E-state index contributed by atoms with van der Waals surface area (Å²) in [4.78, 5) is 52.0. The van der Waals surface area contributed by atoms with E-state index in [1.54, 1.807) is 36.4 Å². The quantitative estimate of drug-likeness (QED) is 0.0838. The minimum Gasteiger partial charge on any atom is -0.502 e. The van der Waals surface area contributed by atoms with Crippen LogP contribution < -0.4 is 14.4 Å². The number of benzene rings is 3. The second kappa shape index (κ2) is 11.9. The number of alkyl halides is 2. The molecule has 2 aliphatic carbocycles. The number of phenolic OH excluding ortho intramolecular Hbond substituents is 1. The van der Waals surface area contributed by atoms with Crippen molar-refractivity contribution in [1.82, 2.24) is 4.90 Å². The van der Waals surface area contributed by atoms with Gasteiger partial charge >= 0.3 is 0 Å². The Morgan fingerprint density at radius 1 is 0.824 bits per heavy atom. The summed E-state index contributed by atoms with van der Waals surface area (Å²) in [6.45, 7) is -0.0692. The molecule has 0 spiro atoms. The summed E-state index contributed by atoms with van der Waals surface area (Å²) in [5.74, 6) is -22.3. The molecule has 3 aromatic rings. The van der Waals surface area contributed by atoms with E-state index in [2.05, 4.69) is 0 Å². The number of imide groups is 2. The number of aromatic hydroxyl groups is 1. The minimum atomic E-state index is -2.75. The van der Waals surface area contributed by atoms with E-state index < -0.39 is 104 Å². The van der Waals surface area contributed by atoms with Crippen molar-refractivity contribution in [3.63, 3.8) is 0 Å². The summed E-state index contributed by atoms with van der Waals surface area (Å²) < 4.78 is 84.1. The van der Waals surface area contributed by atoms with Crippen LogP contribution in [0.15, 0.2) is 54.1 Å². The lowest BCUT2D eigenvalue weighted by atomic mass is 9.56. The van der Waals surface area contributed by atoms with Crippen molar-refractivity contribution in [2.75, 3.05) is 19.1 Å². The van der Waals surface area contributed by atoms with Crippen molar-refractivity contribution in [1.29, 1.82) is 0 Å². The number of hydrogen-bond donors (Lipinski definition) is 1. The van der Waals surface area contributed by atoms with Crippen LogP contribution >= 0.6 is 23.2 Å². The fraction of sp³-hybridized carbons (Fsp3) is 0.314. The number of allylic oxidation sites excluding steroid dienone is 2. The second-order valence-electron chi connectivity index (χ2n) is 12.7. The summed E-state index contributed by atoms with van der Waals surface area (Å²) in [5, 5.41) is 10.7. The van der Waals surface area contributed by atoms with Crippen LogP contribution in [-0.2, 0) is 25.7 Å². The number of anilines is 1. The third-order valence-electron chi connectivity index (χ3n) is 10.3. The summed E-state index contributed by atoms with van der Waals surface area (Å²) in [5.41, 5.74) is -0.986. The minimum absolute atomic E-state index is 0.00857. The highest BCUT2D eigenvalue weighted by Crippen LogP contribution is 2.66. The summed E-state index contributed by atoms with van der Waals surface area (Å²) in [6.07, 6.45) is 0.891. The lowest BCUT2D eigenvalue weighted by Crippen LogP contribution is -2.60. The Hall–Kier alpha value is -4.69. The third-order valence-corrected chi connectivity index (χ3v) is 11.7. The molecule has 9 nitrogen and oxygen atoms in total. The number of likely N-dealkylation sites (tertiary alicyclic amines) is 1. The van der Waals surface area contributed by atoms with Gasteiger partial charge in [0.2, 0.25) is 23.4 Å². The van der Waals surface area contributed by atoms with Gasteiger partial charge in [0, 0.05) is 5.92 Å². The van der Waals surface area contributed by atoms with Crippen LogP contribution in [0.2, 0.25) is 0 Å². The Balaban J connectivity index is 1.44. The first-order chi connectivity index (χ1) is 24.1. The van der Waals surface area contributed by atoms with Crippen molar-refractivity contribution in [2.45, 2.75) is 35.1 Å². The van der Waals surface area contributed by atoms with Crippen molar-refractivity contribution in [2.24, 2.45) is 17.8 Å². The molecule has 0 unspecified atom stereocenters. The van der Waals surface area contributed by atoms with Crippen molar-refractivity contribution in [3.05, 3.63) is 94.3 Å². The maximum atomic E-state index is 15.3. The average Bonchev–Trinajstić information content (AvgIpc) is 3.44. The van der Waals surface area contributed by atoms with Crippen LogP contribution in [0, 0.1) is 46.8 Å². The van der Waals surface area contributed by atoms with E-state index in [0.717, 1.165) is 4.90 Å². The standard InChI is InChI=1S/C35H25Cl2F5N2O7/c1-50-19-10-15(11-20(51-2)29(19)45)22-16-8-9-17-21(31(47)43(30(17)46)13-14-6-4-3-5-7-14)18(16)12-34(36)32(48)44(33(49)35(22,34)37)28-26(41)24(39)23(38)25(40)27(28)42/h3-8,10-11,17-18,21-22,45H,9,12-13H2,1-2H3/t17-,18+,21-,22-,34+,35-/m0/s1. The summed E-state index contributed by atoms with van der Waals surface area (Å²) in [6, 6.07) is 11.1. The van der Waals surface area contributed by atoms with Crippen molar-refractivity contribution in [3.8, 4) is 17.2 Å². The molecule has 0 bridgehead atoms. The van der Waals surface area contributed by atoms with Gasteiger partial charge in [-0.2, -0.15) is 0 Å². The largest absolute Gasteiger partial charge is 0.502 e. The fourth-order valence-corrected chi connectivity index (χ4v) is 8.94. The molecule has 0 aromatic heterocycles. The van der Waals surface area contributed by atoms with Crippen LogP contribution in [0.4, 0.5) is 27.6 Å². The van der Waals surface area contributed by atoms with E-state index >= 15 is 8.78 Å². The van der Waals surface area contributed by atoms with Gasteiger partial charge < -0.3 is 14.6 Å². The first-order valence-corrected chi connectivity index (χ1v) is 16.2. The fourth-order valence-electron chi connectivity index (χ4n) is 8.01. The van der Waals surface area contributed by atoms with Gasteiger partial charge in [-0.25, -0.2) is 26.9 Å². The number of carbonyl (C=O) groups is 4. The number of methoxy groups -OCH3 is 2. The summed E-state index contributed by atoms with van der Waals surface area (Å²) in [7, 11) is 2.40. The van der Waals surface area contributed by atoms with Gasteiger partial charge in [-0.3, -0.25) is 24.1 Å². The molecule has 2 saturated heterocycles. The van der Waals surface area contributed by atoms with Crippen LogP contribution in [0.1, 0.15) is 29.9 Å². The predicted molar refractivity (Wildman–Crippen MR) is 170 cm³/mol. The third kappa shape index (κ3) is 4.57. The normalized spacial score (nSPS) is 28.5. The Morgan fingerprint density at radius 2 is 1.39 bits per heavy atom. The topological polar surface area (TPSA) is 113 Å². The van der Waals surface area contributed by atoms with Gasteiger partial charge in [0.25, 0.3) is 11.8 Å². The van der Waals surface area contributed by atoms with Gasteiger partial charge in [0.15, 0.2) is 44.5 Å². The molecule has 3 fully saturated rings. The second-order valence-corrected chi connectivity index (χ2v) is 14.0. The molecule has 3 aromatic carbocycles. The Kier molecular flexibility index (Phi) is 8.14. The molecule has 0 radical (unpaired) electrons. The molecule has 6 atom stereocenters. The van der Waals surface area contributed by atoms with Crippen molar-refractivity contribution >= 4 is 52.5 Å². The van der Waals surface area contributed by atoms with E-state index in [4.69, 9.17) is 32.7 Å². The van der Waals surface area contributed by atoms with Crippen LogP contribution in [0.25, 0.3) is 0 Å². The predicted octanol–water partition coefficient (Wildman–Crippen LogP) is 5.87. The zero-order chi connectivity index (χ0) is 36.9. The molecule has 266 valence electrons. The smallest absolute Gasteiger partial charge is 0.258 e. The SMILES string of the molecule is COc1cc([C@H]2C3=CC[C@@H]4C(=O)N(Cc5ccccc5)C(=O)[C@@H]4[C@@H]3C[C@@]3(Cl)C(=O)N(c4c(F)c(F)c(F)c(F)c4F)C(=O)[C@@]23Cl)cc(OC)c1O. The summed E-state index contributed by atoms with van der Waals surface area (Å²) >= 11 is 14.3. The number of nitrogens with zero attached hydrogens (tertiary/aromatic N) is 2. The maximum Gasteiger partial charge on any atom is 0.258 e. The van der Waals surface area contributed by atoms with E-state index in [-0.39, 0.29) is 40.5 Å². The van der Waals surface area contributed by atoms with E-state index in [9.17, 15) is 37.5 Å². The average molecular weight is 751 g/mol. The van der Waals surface area contributed by atoms with Crippen LogP contribution in [0.5, 0.6) is 17.2 Å². The molecule has 4 amide bonds. The molecular formula is C35H25Cl2F5N2O7. The van der Waals surface area contributed by atoms with Gasteiger partial charge in [0.05, 0.1) is 32.6 Å². The molecular weight excluding hydrogens is 726 g/mol. The zero-order valence-electron chi connectivity index (χ0n) is 26.5.